The minimum Gasteiger partial charge on any atom is -0.356 e. The number of hydrogen-bond acceptors (Lipinski definition) is 4. The first-order chi connectivity index (χ1) is 14.2. The van der Waals surface area contributed by atoms with Crippen molar-refractivity contribution in [1.82, 2.24) is 20.5 Å². The number of piperidine rings is 1. The Balaban J connectivity index is 1.18. The Labute approximate surface area is 178 Å². The zero-order valence-corrected chi connectivity index (χ0v) is 18.5. The molecular formula is C23H33N5S. The van der Waals surface area contributed by atoms with E-state index in [1.54, 1.807) is 11.3 Å². The van der Waals surface area contributed by atoms with Crippen molar-refractivity contribution in [2.24, 2.45) is 10.9 Å². The van der Waals surface area contributed by atoms with Crippen LogP contribution in [-0.4, -0.2) is 49.1 Å². The van der Waals surface area contributed by atoms with Gasteiger partial charge in [-0.1, -0.05) is 30.3 Å². The number of hydrogen-bond donors (Lipinski definition) is 2. The number of benzene rings is 1. The number of nitrogens with one attached hydrogen (secondary N) is 2. The van der Waals surface area contributed by atoms with Crippen molar-refractivity contribution in [1.29, 1.82) is 0 Å². The van der Waals surface area contributed by atoms with Crippen LogP contribution >= 0.6 is 11.3 Å². The highest BCUT2D eigenvalue weighted by Gasteiger charge is 2.44. The number of rotatable bonds is 7. The van der Waals surface area contributed by atoms with Crippen LogP contribution in [0.3, 0.4) is 0 Å². The molecule has 0 radical (unpaired) electrons. The maximum absolute atomic E-state index is 4.60. The highest BCUT2D eigenvalue weighted by atomic mass is 32.1. The monoisotopic (exact) mass is 411 g/mol. The van der Waals surface area contributed by atoms with Gasteiger partial charge in [0.1, 0.15) is 0 Å². The number of aryl methyl sites for hydroxylation is 1. The zero-order valence-electron chi connectivity index (χ0n) is 17.7. The number of nitrogens with zero attached hydrogens (tertiary/aromatic N) is 3. The second-order valence-electron chi connectivity index (χ2n) is 8.53. The maximum atomic E-state index is 4.60. The molecule has 2 aliphatic rings. The molecule has 1 saturated heterocycles. The molecule has 2 fully saturated rings. The van der Waals surface area contributed by atoms with Crippen molar-refractivity contribution >= 4 is 17.3 Å². The van der Waals surface area contributed by atoms with E-state index in [1.807, 2.05) is 7.05 Å². The lowest BCUT2D eigenvalue weighted by Gasteiger charge is -2.32. The summed E-state index contributed by atoms with van der Waals surface area (Å²) in [6, 6.07) is 10.9. The lowest BCUT2D eigenvalue weighted by molar-refractivity contribution is 0.176. The van der Waals surface area contributed by atoms with Gasteiger partial charge < -0.3 is 10.6 Å². The van der Waals surface area contributed by atoms with Crippen molar-refractivity contribution in [3.63, 3.8) is 0 Å². The van der Waals surface area contributed by atoms with Gasteiger partial charge in [-0.2, -0.15) is 0 Å². The van der Waals surface area contributed by atoms with E-state index in [-0.39, 0.29) is 0 Å². The molecule has 1 aliphatic heterocycles. The summed E-state index contributed by atoms with van der Waals surface area (Å²) >= 11 is 1.75. The number of aliphatic imine (C=N–C) groups is 1. The molecular weight excluding hydrogens is 378 g/mol. The predicted molar refractivity (Wildman–Crippen MR) is 122 cm³/mol. The van der Waals surface area contributed by atoms with Crippen LogP contribution < -0.4 is 10.6 Å². The standard InChI is InChI=1S/C23H33N5S/c1-18-27-21(16-29-18)15-28-12-8-19(9-13-28)14-25-22(24-2)26-17-23(10-11-23)20-6-4-3-5-7-20/h3-7,16,19H,8-15,17H2,1-2H3,(H2,24,25,26). The van der Waals surface area contributed by atoms with E-state index in [4.69, 9.17) is 0 Å². The summed E-state index contributed by atoms with van der Waals surface area (Å²) in [7, 11) is 1.87. The molecule has 2 N–H and O–H groups in total. The summed E-state index contributed by atoms with van der Waals surface area (Å²) < 4.78 is 0. The Hall–Kier alpha value is -1.92. The predicted octanol–water partition coefficient (Wildman–Crippen LogP) is 3.56. The van der Waals surface area contributed by atoms with Crippen molar-refractivity contribution in [3.8, 4) is 0 Å². The smallest absolute Gasteiger partial charge is 0.191 e. The fraction of sp³-hybridized carbons (Fsp3) is 0.565. The van der Waals surface area contributed by atoms with Gasteiger partial charge in [0.05, 0.1) is 10.7 Å². The Kier molecular flexibility index (Phi) is 6.50. The molecule has 0 unspecified atom stereocenters. The largest absolute Gasteiger partial charge is 0.356 e. The SMILES string of the molecule is CN=C(NCC1CCN(Cc2csc(C)n2)CC1)NCC1(c2ccccc2)CC1. The van der Waals surface area contributed by atoms with E-state index in [1.165, 1.54) is 41.9 Å². The lowest BCUT2D eigenvalue weighted by atomic mass is 9.96. The summed E-state index contributed by atoms with van der Waals surface area (Å²) in [5, 5.41) is 10.5. The second kappa shape index (κ2) is 9.26. The normalized spacial score (nSPS) is 19.9. The third-order valence-electron chi connectivity index (χ3n) is 6.38. The first-order valence-corrected chi connectivity index (χ1v) is 11.7. The van der Waals surface area contributed by atoms with Gasteiger partial charge in [-0.25, -0.2) is 4.98 Å². The molecule has 1 saturated carbocycles. The van der Waals surface area contributed by atoms with Gasteiger partial charge in [0.2, 0.25) is 0 Å². The Morgan fingerprint density at radius 1 is 1.21 bits per heavy atom. The van der Waals surface area contributed by atoms with Crippen LogP contribution in [0.25, 0.3) is 0 Å². The molecule has 2 heterocycles. The number of likely N-dealkylation sites (tertiary alicyclic amines) is 1. The minimum atomic E-state index is 0.304. The fourth-order valence-corrected chi connectivity index (χ4v) is 4.89. The molecule has 0 amide bonds. The molecule has 1 aromatic heterocycles. The van der Waals surface area contributed by atoms with E-state index >= 15 is 0 Å². The Bertz CT molecular complexity index is 804. The van der Waals surface area contributed by atoms with E-state index < -0.39 is 0 Å². The molecule has 156 valence electrons. The van der Waals surface area contributed by atoms with Crippen LogP contribution in [0, 0.1) is 12.8 Å². The van der Waals surface area contributed by atoms with Gasteiger partial charge in [0.15, 0.2) is 5.96 Å². The van der Waals surface area contributed by atoms with Crippen LogP contribution in [0.15, 0.2) is 40.7 Å². The summed E-state index contributed by atoms with van der Waals surface area (Å²) in [4.78, 5) is 11.6. The molecule has 0 atom stereocenters. The molecule has 1 aliphatic carbocycles. The van der Waals surface area contributed by atoms with Crippen LogP contribution in [0.4, 0.5) is 0 Å². The molecule has 6 heteroatoms. The van der Waals surface area contributed by atoms with E-state index in [2.05, 4.69) is 68.1 Å². The quantitative estimate of drug-likeness (QED) is 0.540. The van der Waals surface area contributed by atoms with Crippen molar-refractivity contribution in [3.05, 3.63) is 52.0 Å². The van der Waals surface area contributed by atoms with E-state index in [9.17, 15) is 0 Å². The Morgan fingerprint density at radius 3 is 2.59 bits per heavy atom. The third-order valence-corrected chi connectivity index (χ3v) is 7.20. The average Bonchev–Trinajstić information content (AvgIpc) is 3.45. The van der Waals surface area contributed by atoms with Gasteiger partial charge in [-0.3, -0.25) is 9.89 Å². The molecule has 1 aromatic carbocycles. The number of thiazole rings is 1. The van der Waals surface area contributed by atoms with E-state index in [0.717, 1.165) is 38.7 Å². The maximum Gasteiger partial charge on any atom is 0.191 e. The first kappa shape index (κ1) is 20.4. The van der Waals surface area contributed by atoms with Crippen LogP contribution in [-0.2, 0) is 12.0 Å². The summed E-state index contributed by atoms with van der Waals surface area (Å²) in [6.07, 6.45) is 5.00. The van der Waals surface area contributed by atoms with Crippen molar-refractivity contribution in [2.75, 3.05) is 33.2 Å². The van der Waals surface area contributed by atoms with Crippen LogP contribution in [0.1, 0.15) is 41.9 Å². The zero-order chi connectivity index (χ0) is 20.1. The highest BCUT2D eigenvalue weighted by Crippen LogP contribution is 2.47. The molecule has 2 aromatic rings. The molecule has 0 spiro atoms. The number of guanidine groups is 1. The molecule has 4 rings (SSSR count). The van der Waals surface area contributed by atoms with Crippen LogP contribution in [0.2, 0.25) is 0 Å². The second-order valence-corrected chi connectivity index (χ2v) is 9.59. The third kappa shape index (κ3) is 5.37. The Morgan fingerprint density at radius 2 is 1.97 bits per heavy atom. The molecule has 5 nitrogen and oxygen atoms in total. The van der Waals surface area contributed by atoms with E-state index in [0.29, 0.717) is 11.3 Å². The van der Waals surface area contributed by atoms with Gasteiger partial charge in [-0.05, 0) is 57.2 Å². The van der Waals surface area contributed by atoms with Gasteiger partial charge in [0.25, 0.3) is 0 Å². The van der Waals surface area contributed by atoms with Crippen LogP contribution in [0.5, 0.6) is 0 Å². The molecule has 29 heavy (non-hydrogen) atoms. The van der Waals surface area contributed by atoms with Gasteiger partial charge in [0, 0.05) is 37.5 Å². The fourth-order valence-electron chi connectivity index (χ4n) is 4.28. The summed E-state index contributed by atoms with van der Waals surface area (Å²) in [5.41, 5.74) is 2.98. The lowest BCUT2D eigenvalue weighted by Crippen LogP contribution is -2.44. The summed E-state index contributed by atoms with van der Waals surface area (Å²) in [6.45, 7) is 7.36. The van der Waals surface area contributed by atoms with Crippen molar-refractivity contribution < 1.29 is 0 Å². The highest BCUT2D eigenvalue weighted by molar-refractivity contribution is 7.09. The minimum absolute atomic E-state index is 0.304. The average molecular weight is 412 g/mol. The molecule has 0 bridgehead atoms. The first-order valence-electron chi connectivity index (χ1n) is 10.8. The van der Waals surface area contributed by atoms with Gasteiger partial charge >= 0.3 is 0 Å². The van der Waals surface area contributed by atoms with Gasteiger partial charge in [-0.15, -0.1) is 11.3 Å². The summed E-state index contributed by atoms with van der Waals surface area (Å²) in [5.74, 6) is 1.65. The number of aromatic nitrogens is 1. The van der Waals surface area contributed by atoms with Crippen molar-refractivity contribution in [2.45, 2.75) is 44.6 Å². The topological polar surface area (TPSA) is 52.6 Å².